The minimum atomic E-state index is -4.05. The maximum absolute atomic E-state index is 12.6. The van der Waals surface area contributed by atoms with Gasteiger partial charge in [-0.05, 0) is 51.4 Å². The smallest absolute Gasteiger partial charge is 0.378 e. The van der Waals surface area contributed by atoms with Crippen molar-refractivity contribution in [2.24, 2.45) is 11.7 Å². The number of hydrogen-bond acceptors (Lipinski definition) is 2. The molecule has 0 aromatic heterocycles. The third-order valence-electron chi connectivity index (χ3n) is 4.43. The van der Waals surface area contributed by atoms with Crippen molar-refractivity contribution in [2.75, 3.05) is 6.61 Å². The van der Waals surface area contributed by atoms with E-state index in [9.17, 15) is 13.2 Å². The fraction of sp³-hybridized carbons (Fsp3) is 1.00. The van der Waals surface area contributed by atoms with Gasteiger partial charge >= 0.3 is 6.18 Å². The van der Waals surface area contributed by atoms with E-state index in [1.54, 1.807) is 0 Å². The monoisotopic (exact) mass is 265 g/mol. The Morgan fingerprint density at radius 3 is 2.33 bits per heavy atom. The molecule has 0 radical (unpaired) electrons. The minimum absolute atomic E-state index is 0.186. The summed E-state index contributed by atoms with van der Waals surface area (Å²) in [6.07, 6.45) is 1.45. The molecule has 1 saturated carbocycles. The predicted octanol–water partition coefficient (Wildman–Crippen LogP) is 3.40. The Balaban J connectivity index is 1.76. The summed E-state index contributed by atoms with van der Waals surface area (Å²) >= 11 is 0. The highest BCUT2D eigenvalue weighted by Gasteiger charge is 2.44. The lowest BCUT2D eigenvalue weighted by Gasteiger charge is -2.38. The molecule has 0 bridgehead atoms. The number of halogens is 3. The standard InChI is InChI=1S/C13H22F3NO/c14-13(15,16)10-3-6-12(17,7-4-10)8-5-11-2-1-9-18-11/h10-11H,1-9,17H2. The van der Waals surface area contributed by atoms with Gasteiger partial charge in [0, 0.05) is 12.1 Å². The Labute approximate surface area is 106 Å². The normalized spacial score (nSPS) is 38.0. The average molecular weight is 265 g/mol. The van der Waals surface area contributed by atoms with Crippen LogP contribution in [0.2, 0.25) is 0 Å². The third kappa shape index (κ3) is 3.60. The van der Waals surface area contributed by atoms with Gasteiger partial charge in [-0.25, -0.2) is 0 Å². The number of nitrogens with two attached hydrogens (primary N) is 1. The molecular weight excluding hydrogens is 243 g/mol. The molecule has 1 aliphatic heterocycles. The van der Waals surface area contributed by atoms with Crippen molar-refractivity contribution in [1.29, 1.82) is 0 Å². The van der Waals surface area contributed by atoms with Crippen molar-refractivity contribution < 1.29 is 17.9 Å². The van der Waals surface area contributed by atoms with Gasteiger partial charge in [0.1, 0.15) is 0 Å². The van der Waals surface area contributed by atoms with E-state index in [4.69, 9.17) is 10.5 Å². The zero-order valence-electron chi connectivity index (χ0n) is 10.6. The van der Waals surface area contributed by atoms with E-state index in [2.05, 4.69) is 0 Å². The topological polar surface area (TPSA) is 35.2 Å². The summed E-state index contributed by atoms with van der Waals surface area (Å²) in [6.45, 7) is 0.818. The number of hydrogen-bond donors (Lipinski definition) is 1. The largest absolute Gasteiger partial charge is 0.391 e. The van der Waals surface area contributed by atoms with Crippen LogP contribution in [0, 0.1) is 5.92 Å². The van der Waals surface area contributed by atoms with Gasteiger partial charge in [-0.3, -0.25) is 0 Å². The maximum atomic E-state index is 12.6. The highest BCUT2D eigenvalue weighted by molar-refractivity contribution is 4.92. The first kappa shape index (κ1) is 14.1. The Morgan fingerprint density at radius 2 is 1.83 bits per heavy atom. The molecule has 1 aliphatic carbocycles. The zero-order valence-corrected chi connectivity index (χ0v) is 10.6. The van der Waals surface area contributed by atoms with E-state index < -0.39 is 17.6 Å². The molecule has 2 fully saturated rings. The van der Waals surface area contributed by atoms with Gasteiger partial charge < -0.3 is 10.5 Å². The first-order valence-corrected chi connectivity index (χ1v) is 6.86. The van der Waals surface area contributed by atoms with Gasteiger partial charge in [0.2, 0.25) is 0 Å². The number of ether oxygens (including phenoxy) is 1. The molecule has 0 amide bonds. The first-order chi connectivity index (χ1) is 8.39. The Morgan fingerprint density at radius 1 is 1.17 bits per heavy atom. The fourth-order valence-corrected chi connectivity index (χ4v) is 3.09. The SMILES string of the molecule is NC1(CCC2CCCO2)CCC(C(F)(F)F)CC1. The van der Waals surface area contributed by atoms with Gasteiger partial charge in [0.15, 0.2) is 0 Å². The van der Waals surface area contributed by atoms with Crippen molar-refractivity contribution >= 4 is 0 Å². The van der Waals surface area contributed by atoms with E-state index in [0.717, 1.165) is 32.3 Å². The van der Waals surface area contributed by atoms with Crippen molar-refractivity contribution in [2.45, 2.75) is 69.2 Å². The summed E-state index contributed by atoms with van der Waals surface area (Å²) in [4.78, 5) is 0. The van der Waals surface area contributed by atoms with Crippen LogP contribution in [-0.4, -0.2) is 24.4 Å². The van der Waals surface area contributed by atoms with E-state index in [-0.39, 0.29) is 18.9 Å². The molecular formula is C13H22F3NO. The van der Waals surface area contributed by atoms with Crippen molar-refractivity contribution in [1.82, 2.24) is 0 Å². The molecule has 2 nitrogen and oxygen atoms in total. The maximum Gasteiger partial charge on any atom is 0.391 e. The molecule has 0 aromatic carbocycles. The summed E-state index contributed by atoms with van der Waals surface area (Å²) in [5.74, 6) is -1.14. The Bertz CT molecular complexity index is 266. The molecule has 1 atom stereocenters. The van der Waals surface area contributed by atoms with Crippen LogP contribution >= 0.6 is 0 Å². The summed E-state index contributed by atoms with van der Waals surface area (Å²) in [5.41, 5.74) is 5.82. The zero-order chi connectivity index (χ0) is 13.2. The predicted molar refractivity (Wildman–Crippen MR) is 63.1 cm³/mol. The van der Waals surface area contributed by atoms with E-state index in [0.29, 0.717) is 12.8 Å². The second-order valence-corrected chi connectivity index (χ2v) is 5.85. The van der Waals surface area contributed by atoms with Crippen molar-refractivity contribution in [3.05, 3.63) is 0 Å². The third-order valence-corrected chi connectivity index (χ3v) is 4.43. The van der Waals surface area contributed by atoms with Gasteiger partial charge in [0.05, 0.1) is 12.0 Å². The summed E-state index contributed by atoms with van der Waals surface area (Å²) < 4.78 is 43.2. The molecule has 106 valence electrons. The number of rotatable bonds is 3. The fourth-order valence-electron chi connectivity index (χ4n) is 3.09. The van der Waals surface area contributed by atoms with Gasteiger partial charge in [-0.1, -0.05) is 0 Å². The Hall–Kier alpha value is -0.290. The molecule has 2 rings (SSSR count). The summed E-state index contributed by atoms with van der Waals surface area (Å²) in [6, 6.07) is 0. The Kier molecular flexibility index (Phi) is 4.22. The van der Waals surface area contributed by atoms with Crippen LogP contribution in [0.3, 0.4) is 0 Å². The van der Waals surface area contributed by atoms with Crippen LogP contribution in [0.25, 0.3) is 0 Å². The van der Waals surface area contributed by atoms with Gasteiger partial charge in [0.25, 0.3) is 0 Å². The molecule has 1 saturated heterocycles. The summed E-state index contributed by atoms with van der Waals surface area (Å²) in [5, 5.41) is 0. The molecule has 0 aromatic rings. The first-order valence-electron chi connectivity index (χ1n) is 6.86. The van der Waals surface area contributed by atoms with Crippen molar-refractivity contribution in [3.8, 4) is 0 Å². The minimum Gasteiger partial charge on any atom is -0.378 e. The van der Waals surface area contributed by atoms with E-state index in [1.165, 1.54) is 0 Å². The van der Waals surface area contributed by atoms with Crippen LogP contribution in [0.1, 0.15) is 51.4 Å². The molecule has 1 unspecified atom stereocenters. The molecule has 5 heteroatoms. The molecule has 2 N–H and O–H groups in total. The summed E-state index contributed by atoms with van der Waals surface area (Å²) in [7, 11) is 0. The van der Waals surface area contributed by atoms with Crippen LogP contribution < -0.4 is 5.73 Å². The van der Waals surface area contributed by atoms with Crippen molar-refractivity contribution in [3.63, 3.8) is 0 Å². The molecule has 2 aliphatic rings. The lowest BCUT2D eigenvalue weighted by atomic mass is 9.74. The lowest BCUT2D eigenvalue weighted by molar-refractivity contribution is -0.184. The lowest BCUT2D eigenvalue weighted by Crippen LogP contribution is -2.45. The number of alkyl halides is 3. The van der Waals surface area contributed by atoms with E-state index in [1.807, 2.05) is 0 Å². The highest BCUT2D eigenvalue weighted by atomic mass is 19.4. The van der Waals surface area contributed by atoms with Gasteiger partial charge in [-0.2, -0.15) is 13.2 Å². The molecule has 0 spiro atoms. The van der Waals surface area contributed by atoms with Crippen LogP contribution in [0.4, 0.5) is 13.2 Å². The highest BCUT2D eigenvalue weighted by Crippen LogP contribution is 2.42. The average Bonchev–Trinajstić information content (AvgIpc) is 2.79. The second kappa shape index (κ2) is 5.37. The quantitative estimate of drug-likeness (QED) is 0.849. The van der Waals surface area contributed by atoms with Crippen LogP contribution in [0.15, 0.2) is 0 Å². The second-order valence-electron chi connectivity index (χ2n) is 5.85. The van der Waals surface area contributed by atoms with Gasteiger partial charge in [-0.15, -0.1) is 0 Å². The molecule has 18 heavy (non-hydrogen) atoms. The van der Waals surface area contributed by atoms with Crippen LogP contribution in [0.5, 0.6) is 0 Å². The molecule has 1 heterocycles. The van der Waals surface area contributed by atoms with Crippen LogP contribution in [-0.2, 0) is 4.74 Å². The van der Waals surface area contributed by atoms with E-state index >= 15 is 0 Å².